The van der Waals surface area contributed by atoms with E-state index in [0.29, 0.717) is 5.92 Å². The van der Waals surface area contributed by atoms with E-state index in [9.17, 15) is 4.79 Å². The summed E-state index contributed by atoms with van der Waals surface area (Å²) in [4.78, 5) is 10.4. The van der Waals surface area contributed by atoms with E-state index in [1.807, 2.05) is 13.8 Å². The summed E-state index contributed by atoms with van der Waals surface area (Å²) >= 11 is 0. The molecule has 3 unspecified atom stereocenters. The summed E-state index contributed by atoms with van der Waals surface area (Å²) < 4.78 is 4.10. The van der Waals surface area contributed by atoms with E-state index in [1.54, 1.807) is 0 Å². The van der Waals surface area contributed by atoms with E-state index in [4.69, 9.17) is 10.2 Å². The second-order valence-corrected chi connectivity index (χ2v) is 6.87. The Kier molecular flexibility index (Phi) is 19.2. The Morgan fingerprint density at radius 3 is 2.18 bits per heavy atom. The molecule has 1 amide bonds. The molecule has 5 nitrogen and oxygen atoms in total. The fourth-order valence-corrected chi connectivity index (χ4v) is 3.23. The Balaban J connectivity index is 0. The van der Waals surface area contributed by atoms with Gasteiger partial charge in [0.25, 0.3) is 0 Å². The van der Waals surface area contributed by atoms with Gasteiger partial charge in [-0.3, -0.25) is 0 Å². The first kappa shape index (κ1) is 28.6. The molecule has 1 aromatic carbocycles. The number of hydrogen-bond donors (Lipinski definition) is 3. The van der Waals surface area contributed by atoms with Crippen molar-refractivity contribution in [1.29, 1.82) is 0 Å². The van der Waals surface area contributed by atoms with Crippen molar-refractivity contribution < 1.29 is 19.7 Å². The van der Waals surface area contributed by atoms with Crippen LogP contribution in [0.15, 0.2) is 24.3 Å². The van der Waals surface area contributed by atoms with Gasteiger partial charge in [0.2, 0.25) is 0 Å². The summed E-state index contributed by atoms with van der Waals surface area (Å²) in [5.41, 5.74) is 2.91. The molecule has 0 aliphatic heterocycles. The van der Waals surface area contributed by atoms with Crippen LogP contribution in [0.4, 0.5) is 4.79 Å². The van der Waals surface area contributed by atoms with Crippen LogP contribution in [0.3, 0.4) is 0 Å². The number of aliphatic hydroxyl groups excluding tert-OH is 1. The van der Waals surface area contributed by atoms with Crippen LogP contribution in [0.25, 0.3) is 0 Å². The van der Waals surface area contributed by atoms with Crippen LogP contribution in [0, 0.1) is 18.8 Å². The Morgan fingerprint density at radius 1 is 1.21 bits per heavy atom. The zero-order chi connectivity index (χ0) is 21.9. The Morgan fingerprint density at radius 2 is 1.79 bits per heavy atom. The van der Waals surface area contributed by atoms with Crippen molar-refractivity contribution in [3.63, 3.8) is 0 Å². The maximum atomic E-state index is 10.4. The predicted molar refractivity (Wildman–Crippen MR) is 118 cm³/mol. The molecule has 0 saturated heterocycles. The van der Waals surface area contributed by atoms with Crippen molar-refractivity contribution in [3.05, 3.63) is 35.4 Å². The van der Waals surface area contributed by atoms with Gasteiger partial charge in [0.05, 0.1) is 0 Å². The molecule has 0 heterocycles. The van der Waals surface area contributed by atoms with Gasteiger partial charge in [-0.2, -0.15) is 0 Å². The highest BCUT2D eigenvalue weighted by atomic mass is 16.6. The third kappa shape index (κ3) is 13.6. The van der Waals surface area contributed by atoms with Gasteiger partial charge in [-0.15, -0.1) is 0 Å². The molecule has 0 bridgehead atoms. The largest absolute Gasteiger partial charge is 0.465 e. The summed E-state index contributed by atoms with van der Waals surface area (Å²) in [6.07, 6.45) is 4.93. The number of benzene rings is 1. The van der Waals surface area contributed by atoms with Crippen LogP contribution in [0.5, 0.6) is 0 Å². The topological polar surface area (TPSA) is 78.8 Å². The number of nitrogens with one attached hydrogen (secondary N) is 1. The van der Waals surface area contributed by atoms with Gasteiger partial charge in [-0.05, 0) is 49.1 Å². The van der Waals surface area contributed by atoms with Crippen molar-refractivity contribution in [3.8, 4) is 0 Å². The fourth-order valence-electron chi connectivity index (χ4n) is 3.23. The molecule has 5 heteroatoms. The number of ether oxygens (including phenoxy) is 1. The van der Waals surface area contributed by atoms with Crippen LogP contribution in [0.2, 0.25) is 0 Å². The maximum Gasteiger partial charge on any atom is 0.404 e. The third-order valence-corrected chi connectivity index (χ3v) is 4.78. The zero-order valence-corrected chi connectivity index (χ0v) is 19.0. The van der Waals surface area contributed by atoms with Crippen molar-refractivity contribution in [2.24, 2.45) is 11.8 Å². The summed E-state index contributed by atoms with van der Waals surface area (Å²) in [7, 11) is 1.43. The standard InChI is InChI=1S/C10H14.C9H17NO2.C2H6O2.C2H6/c1-3-6-10-8-5-4-7-9(10)2;1-3-7-4-6(2)8(5-7)10-9(11)12;1-4-2-3;1-2/h4-5,7-8H,3,6H2,1-2H3;6-8,10H,3-5H2,1-2H3,(H,11,12);3H,2H2,1H3;1-2H3. The number of methoxy groups -OCH3 is 1. The minimum Gasteiger partial charge on any atom is -0.465 e. The molecule has 1 aliphatic carbocycles. The summed E-state index contributed by atoms with van der Waals surface area (Å²) in [6.45, 7) is 12.5. The molecular formula is C23H43NO4. The minimum absolute atomic E-state index is 0.181. The number of aryl methyl sites for hydroxylation is 2. The number of carbonyl (C=O) groups is 1. The van der Waals surface area contributed by atoms with Gasteiger partial charge in [0, 0.05) is 13.2 Å². The number of hydrogen-bond acceptors (Lipinski definition) is 3. The number of aliphatic hydroxyl groups is 1. The van der Waals surface area contributed by atoms with Crippen molar-refractivity contribution in [2.75, 3.05) is 13.9 Å². The lowest BCUT2D eigenvalue weighted by Crippen LogP contribution is -2.35. The van der Waals surface area contributed by atoms with Crippen molar-refractivity contribution in [2.45, 2.75) is 79.7 Å². The summed E-state index contributed by atoms with van der Waals surface area (Å²) in [5.74, 6) is 1.22. The smallest absolute Gasteiger partial charge is 0.404 e. The van der Waals surface area contributed by atoms with Gasteiger partial charge < -0.3 is 20.3 Å². The van der Waals surface area contributed by atoms with E-state index in [-0.39, 0.29) is 12.8 Å². The number of amides is 1. The molecular weight excluding hydrogens is 354 g/mol. The van der Waals surface area contributed by atoms with Gasteiger partial charge in [-0.25, -0.2) is 4.79 Å². The average Bonchev–Trinajstić information content (AvgIpc) is 3.05. The molecule has 0 aromatic heterocycles. The molecule has 0 radical (unpaired) electrons. The summed E-state index contributed by atoms with van der Waals surface area (Å²) in [5, 5.41) is 18.8. The number of carboxylic acid groups (broad SMARTS) is 1. The molecule has 28 heavy (non-hydrogen) atoms. The van der Waals surface area contributed by atoms with E-state index < -0.39 is 6.09 Å². The van der Waals surface area contributed by atoms with Crippen LogP contribution in [-0.4, -0.2) is 36.3 Å². The second kappa shape index (κ2) is 18.8. The molecule has 1 fully saturated rings. The molecule has 1 aromatic rings. The quantitative estimate of drug-likeness (QED) is 0.562. The Labute approximate surface area is 172 Å². The lowest BCUT2D eigenvalue weighted by Gasteiger charge is -2.14. The van der Waals surface area contributed by atoms with E-state index in [0.717, 1.165) is 12.3 Å². The highest BCUT2D eigenvalue weighted by molar-refractivity contribution is 5.64. The zero-order valence-electron chi connectivity index (χ0n) is 19.0. The van der Waals surface area contributed by atoms with Crippen LogP contribution in [-0.2, 0) is 11.2 Å². The van der Waals surface area contributed by atoms with Gasteiger partial charge in [0.1, 0.15) is 6.79 Å². The van der Waals surface area contributed by atoms with E-state index in [2.05, 4.69) is 62.0 Å². The lowest BCUT2D eigenvalue weighted by molar-refractivity contribution is 0.0325. The maximum absolute atomic E-state index is 10.4. The molecule has 3 N–H and O–H groups in total. The van der Waals surface area contributed by atoms with Crippen LogP contribution < -0.4 is 5.32 Å². The summed E-state index contributed by atoms with van der Waals surface area (Å²) in [6, 6.07) is 8.77. The highest BCUT2D eigenvalue weighted by Crippen LogP contribution is 2.32. The normalized spacial score (nSPS) is 19.8. The van der Waals surface area contributed by atoms with Gasteiger partial charge >= 0.3 is 6.09 Å². The molecule has 164 valence electrons. The first-order valence-electron chi connectivity index (χ1n) is 10.5. The molecule has 2 rings (SSSR count). The Hall–Kier alpha value is -1.59. The van der Waals surface area contributed by atoms with Gasteiger partial charge in [0.15, 0.2) is 0 Å². The molecule has 0 spiro atoms. The lowest BCUT2D eigenvalue weighted by atomic mass is 10.0. The first-order valence-corrected chi connectivity index (χ1v) is 10.5. The first-order chi connectivity index (χ1) is 13.4. The number of rotatable bonds is 5. The Bertz CT molecular complexity index is 491. The molecule has 3 atom stereocenters. The minimum atomic E-state index is -0.886. The SMILES string of the molecule is CC.CCC1CC(C)C(NC(=O)O)C1.CCCc1ccccc1C.COCO. The van der Waals surface area contributed by atoms with E-state index >= 15 is 0 Å². The van der Waals surface area contributed by atoms with Gasteiger partial charge in [-0.1, -0.05) is 71.7 Å². The van der Waals surface area contributed by atoms with Crippen molar-refractivity contribution in [1.82, 2.24) is 5.32 Å². The van der Waals surface area contributed by atoms with E-state index in [1.165, 1.54) is 43.9 Å². The van der Waals surface area contributed by atoms with Crippen LogP contribution in [0.1, 0.15) is 71.4 Å². The predicted octanol–water partition coefficient (Wildman–Crippen LogP) is 5.64. The van der Waals surface area contributed by atoms with Crippen LogP contribution >= 0.6 is 0 Å². The second-order valence-electron chi connectivity index (χ2n) is 6.87. The molecule has 1 aliphatic rings. The monoisotopic (exact) mass is 397 g/mol. The average molecular weight is 398 g/mol. The fraction of sp³-hybridized carbons (Fsp3) is 0.696. The molecule has 1 saturated carbocycles. The third-order valence-electron chi connectivity index (χ3n) is 4.78. The van der Waals surface area contributed by atoms with Crippen molar-refractivity contribution >= 4 is 6.09 Å². The highest BCUT2D eigenvalue weighted by Gasteiger charge is 2.30.